The van der Waals surface area contributed by atoms with Gasteiger partial charge in [-0.2, -0.15) is 0 Å². The van der Waals surface area contributed by atoms with Gasteiger partial charge in [0.25, 0.3) is 0 Å². The summed E-state index contributed by atoms with van der Waals surface area (Å²) < 4.78 is 10.0. The Morgan fingerprint density at radius 3 is 1.89 bits per heavy atom. The maximum absolute atomic E-state index is 10.1. The van der Waals surface area contributed by atoms with Gasteiger partial charge in [-0.05, 0) is 26.8 Å². The Balaban J connectivity index is 0. The summed E-state index contributed by atoms with van der Waals surface area (Å²) in [6.45, 7) is 11.7. The average molecular weight is 259 g/mol. The van der Waals surface area contributed by atoms with E-state index in [0.29, 0.717) is 6.42 Å². The molecule has 4 heteroatoms. The van der Waals surface area contributed by atoms with Crippen LogP contribution in [0.5, 0.6) is 0 Å². The standard InChI is InChI=1S/C10H21NO3.C4H8/c1-13-9-6-11(7-10-14-2)5-3-4-8-12;1-4(2)3/h8H,3-7,9-10H2,1-2H3;1H2,2-3H3. The van der Waals surface area contributed by atoms with Crippen LogP contribution in [0.15, 0.2) is 12.2 Å². The van der Waals surface area contributed by atoms with Gasteiger partial charge >= 0.3 is 0 Å². The molecule has 0 spiro atoms. The third-order valence-corrected chi connectivity index (χ3v) is 2.02. The monoisotopic (exact) mass is 259 g/mol. The van der Waals surface area contributed by atoms with Gasteiger partial charge in [-0.25, -0.2) is 0 Å². The molecule has 0 aliphatic carbocycles. The molecule has 0 aliphatic heterocycles. The van der Waals surface area contributed by atoms with Crippen molar-refractivity contribution in [3.63, 3.8) is 0 Å². The van der Waals surface area contributed by atoms with Crippen LogP contribution in [0.2, 0.25) is 0 Å². The van der Waals surface area contributed by atoms with Crippen molar-refractivity contribution < 1.29 is 14.3 Å². The van der Waals surface area contributed by atoms with Crippen LogP contribution in [-0.2, 0) is 14.3 Å². The average Bonchev–Trinajstić information content (AvgIpc) is 2.31. The number of methoxy groups -OCH3 is 2. The zero-order valence-corrected chi connectivity index (χ0v) is 12.4. The summed E-state index contributed by atoms with van der Waals surface area (Å²) in [5.41, 5.74) is 1.17. The van der Waals surface area contributed by atoms with E-state index in [9.17, 15) is 4.79 Å². The molecule has 0 fully saturated rings. The molecule has 0 amide bonds. The lowest BCUT2D eigenvalue weighted by Gasteiger charge is -2.20. The molecule has 108 valence electrons. The Morgan fingerprint density at radius 1 is 1.11 bits per heavy atom. The highest BCUT2D eigenvalue weighted by Gasteiger charge is 2.03. The highest BCUT2D eigenvalue weighted by Crippen LogP contribution is 1.94. The minimum absolute atomic E-state index is 0.635. The Morgan fingerprint density at radius 2 is 1.56 bits per heavy atom. The molecule has 4 nitrogen and oxygen atoms in total. The quantitative estimate of drug-likeness (QED) is 0.342. The molecule has 0 aliphatic rings. The number of rotatable bonds is 10. The van der Waals surface area contributed by atoms with E-state index >= 15 is 0 Å². The van der Waals surface area contributed by atoms with Crippen molar-refractivity contribution in [2.45, 2.75) is 26.7 Å². The molecule has 0 aromatic carbocycles. The second kappa shape index (κ2) is 16.3. The van der Waals surface area contributed by atoms with Crippen molar-refractivity contribution in [2.24, 2.45) is 0 Å². The van der Waals surface area contributed by atoms with Gasteiger partial charge in [-0.1, -0.05) is 5.57 Å². The first kappa shape index (κ1) is 19.6. The number of carbonyl (C=O) groups is 1. The molecule has 18 heavy (non-hydrogen) atoms. The van der Waals surface area contributed by atoms with E-state index in [1.807, 2.05) is 13.8 Å². The molecular weight excluding hydrogens is 230 g/mol. The number of ether oxygens (including phenoxy) is 2. The normalized spacial score (nSPS) is 9.83. The Kier molecular flexibility index (Phi) is 17.8. The van der Waals surface area contributed by atoms with E-state index in [1.54, 1.807) is 14.2 Å². The topological polar surface area (TPSA) is 38.8 Å². The van der Waals surface area contributed by atoms with Crippen LogP contribution in [0, 0.1) is 0 Å². The number of allylic oxidation sites excluding steroid dienone is 1. The van der Waals surface area contributed by atoms with Gasteiger partial charge in [0.1, 0.15) is 6.29 Å². The molecule has 0 saturated carbocycles. The molecule has 0 heterocycles. The number of carbonyl (C=O) groups excluding carboxylic acids is 1. The van der Waals surface area contributed by atoms with Gasteiger partial charge in [0.05, 0.1) is 13.2 Å². The molecule has 0 aromatic heterocycles. The van der Waals surface area contributed by atoms with E-state index in [4.69, 9.17) is 9.47 Å². The Bertz CT molecular complexity index is 183. The van der Waals surface area contributed by atoms with Crippen LogP contribution in [0.25, 0.3) is 0 Å². The van der Waals surface area contributed by atoms with Crippen molar-refractivity contribution in [2.75, 3.05) is 47.1 Å². The number of aldehydes is 1. The van der Waals surface area contributed by atoms with Gasteiger partial charge in [-0.3, -0.25) is 4.90 Å². The second-order valence-corrected chi connectivity index (χ2v) is 4.34. The number of hydrogen-bond acceptors (Lipinski definition) is 4. The molecule has 0 saturated heterocycles. The van der Waals surface area contributed by atoms with Gasteiger partial charge in [-0.15, -0.1) is 6.58 Å². The fraction of sp³-hybridized carbons (Fsp3) is 0.786. The first-order valence-electron chi connectivity index (χ1n) is 6.34. The molecular formula is C14H29NO3. The van der Waals surface area contributed by atoms with Crippen molar-refractivity contribution in [1.29, 1.82) is 0 Å². The summed E-state index contributed by atoms with van der Waals surface area (Å²) >= 11 is 0. The smallest absolute Gasteiger partial charge is 0.120 e. The summed E-state index contributed by atoms with van der Waals surface area (Å²) in [7, 11) is 3.39. The first-order chi connectivity index (χ1) is 8.58. The van der Waals surface area contributed by atoms with Gasteiger partial charge in [0, 0.05) is 33.7 Å². The van der Waals surface area contributed by atoms with E-state index in [1.165, 1.54) is 5.57 Å². The zero-order valence-electron chi connectivity index (χ0n) is 12.4. The Labute approximate surface area is 112 Å². The van der Waals surface area contributed by atoms with Gasteiger partial charge in [0.2, 0.25) is 0 Å². The minimum Gasteiger partial charge on any atom is -0.383 e. The van der Waals surface area contributed by atoms with Crippen LogP contribution in [0.4, 0.5) is 0 Å². The van der Waals surface area contributed by atoms with Crippen molar-refractivity contribution >= 4 is 6.29 Å². The molecule has 0 atom stereocenters. The first-order valence-corrected chi connectivity index (χ1v) is 6.34. The molecule has 0 aromatic rings. The van der Waals surface area contributed by atoms with Crippen molar-refractivity contribution in [3.05, 3.63) is 12.2 Å². The lowest BCUT2D eigenvalue weighted by atomic mass is 10.3. The number of hydrogen-bond donors (Lipinski definition) is 0. The minimum atomic E-state index is 0.635. The van der Waals surface area contributed by atoms with Crippen molar-refractivity contribution in [3.8, 4) is 0 Å². The van der Waals surface area contributed by atoms with Gasteiger partial charge < -0.3 is 14.3 Å². The third kappa shape index (κ3) is 20.7. The number of nitrogens with zero attached hydrogens (tertiary/aromatic N) is 1. The zero-order chi connectivity index (χ0) is 14.2. The molecule has 0 bridgehead atoms. The molecule has 0 radical (unpaired) electrons. The fourth-order valence-corrected chi connectivity index (χ4v) is 1.17. The second-order valence-electron chi connectivity index (χ2n) is 4.34. The van der Waals surface area contributed by atoms with Crippen molar-refractivity contribution in [1.82, 2.24) is 4.90 Å². The van der Waals surface area contributed by atoms with Crippen LogP contribution in [-0.4, -0.2) is 58.3 Å². The van der Waals surface area contributed by atoms with E-state index < -0.39 is 0 Å². The van der Waals surface area contributed by atoms with Crippen LogP contribution < -0.4 is 0 Å². The third-order valence-electron chi connectivity index (χ3n) is 2.02. The summed E-state index contributed by atoms with van der Waals surface area (Å²) in [5, 5.41) is 0. The summed E-state index contributed by atoms with van der Waals surface area (Å²) in [6, 6.07) is 0. The van der Waals surface area contributed by atoms with Gasteiger partial charge in [0.15, 0.2) is 0 Å². The predicted octanol–water partition coefficient (Wildman–Crippen LogP) is 2.14. The summed E-state index contributed by atoms with van der Waals surface area (Å²) in [5.74, 6) is 0. The molecule has 0 rings (SSSR count). The van der Waals surface area contributed by atoms with Crippen LogP contribution in [0.3, 0.4) is 0 Å². The van der Waals surface area contributed by atoms with Crippen LogP contribution >= 0.6 is 0 Å². The summed E-state index contributed by atoms with van der Waals surface area (Å²) in [4.78, 5) is 12.4. The lowest BCUT2D eigenvalue weighted by molar-refractivity contribution is -0.108. The Hall–Kier alpha value is -0.710. The van der Waals surface area contributed by atoms with E-state index in [2.05, 4.69) is 11.5 Å². The number of unbranched alkanes of at least 4 members (excludes halogenated alkanes) is 1. The summed E-state index contributed by atoms with van der Waals surface area (Å²) in [6.07, 6.45) is 2.51. The highest BCUT2D eigenvalue weighted by atomic mass is 16.5. The molecule has 0 N–H and O–H groups in total. The molecule has 0 unspecified atom stereocenters. The van der Waals surface area contributed by atoms with E-state index in [0.717, 1.165) is 45.6 Å². The lowest BCUT2D eigenvalue weighted by Crippen LogP contribution is -2.31. The van der Waals surface area contributed by atoms with E-state index in [-0.39, 0.29) is 0 Å². The highest BCUT2D eigenvalue weighted by molar-refractivity contribution is 5.48. The SMILES string of the molecule is C=C(C)C.COCCN(CCCC=O)CCOC. The largest absolute Gasteiger partial charge is 0.383 e. The maximum atomic E-state index is 10.1. The fourth-order valence-electron chi connectivity index (χ4n) is 1.17. The van der Waals surface area contributed by atoms with Crippen LogP contribution in [0.1, 0.15) is 26.7 Å². The maximum Gasteiger partial charge on any atom is 0.120 e. The predicted molar refractivity (Wildman–Crippen MR) is 76.0 cm³/mol.